The van der Waals surface area contributed by atoms with Crippen molar-refractivity contribution in [2.24, 2.45) is 5.73 Å². The summed E-state index contributed by atoms with van der Waals surface area (Å²) in [6.45, 7) is 2.78. The van der Waals surface area contributed by atoms with Gasteiger partial charge in [-0.25, -0.2) is 0 Å². The van der Waals surface area contributed by atoms with Crippen molar-refractivity contribution in [3.63, 3.8) is 0 Å². The largest absolute Gasteiger partial charge is 0.354 e. The Bertz CT molecular complexity index is 298. The van der Waals surface area contributed by atoms with E-state index in [2.05, 4.69) is 18.3 Å². The molecule has 0 bridgehead atoms. The first-order valence-corrected chi connectivity index (χ1v) is 6.67. The molecule has 0 spiro atoms. The lowest BCUT2D eigenvalue weighted by molar-refractivity contribution is -0.122. The molecule has 0 aliphatic heterocycles. The average Bonchev–Trinajstić information content (AvgIpc) is 2.78. The van der Waals surface area contributed by atoms with Crippen molar-refractivity contribution in [3.05, 3.63) is 22.4 Å². The lowest BCUT2D eigenvalue weighted by Gasteiger charge is -2.11. The van der Waals surface area contributed by atoms with Crippen LogP contribution in [0.3, 0.4) is 0 Å². The summed E-state index contributed by atoms with van der Waals surface area (Å²) in [5.74, 6) is -0.0231. The molecule has 1 amide bonds. The zero-order valence-electron chi connectivity index (χ0n) is 9.74. The van der Waals surface area contributed by atoms with Gasteiger partial charge in [0.25, 0.3) is 0 Å². The van der Waals surface area contributed by atoms with Gasteiger partial charge in [-0.3, -0.25) is 4.79 Å². The number of nitrogens with two attached hydrogens (primary N) is 1. The third kappa shape index (κ3) is 4.77. The van der Waals surface area contributed by atoms with E-state index in [-0.39, 0.29) is 11.9 Å². The molecule has 0 saturated heterocycles. The van der Waals surface area contributed by atoms with Crippen LogP contribution in [-0.2, 0) is 11.2 Å². The highest BCUT2D eigenvalue weighted by molar-refractivity contribution is 7.09. The highest BCUT2D eigenvalue weighted by Gasteiger charge is 2.11. The molecule has 3 N–H and O–H groups in total. The number of rotatable bonds is 7. The second-order valence-corrected chi connectivity index (χ2v) is 4.90. The van der Waals surface area contributed by atoms with E-state index in [0.717, 1.165) is 25.7 Å². The predicted molar refractivity (Wildman–Crippen MR) is 68.5 cm³/mol. The molecule has 90 valence electrons. The third-order valence-corrected chi connectivity index (χ3v) is 3.39. The van der Waals surface area contributed by atoms with Crippen molar-refractivity contribution >= 4 is 17.2 Å². The molecule has 0 aliphatic carbocycles. The van der Waals surface area contributed by atoms with Crippen LogP contribution in [-0.4, -0.2) is 18.5 Å². The summed E-state index contributed by atoms with van der Waals surface area (Å²) < 4.78 is 0. The Morgan fingerprint density at radius 1 is 1.62 bits per heavy atom. The van der Waals surface area contributed by atoms with Crippen LogP contribution in [0.4, 0.5) is 0 Å². The summed E-state index contributed by atoms with van der Waals surface area (Å²) in [5.41, 5.74) is 5.75. The van der Waals surface area contributed by atoms with E-state index in [1.54, 1.807) is 11.3 Å². The van der Waals surface area contributed by atoms with Crippen molar-refractivity contribution in [1.29, 1.82) is 0 Å². The Hall–Kier alpha value is -0.870. The Balaban J connectivity index is 2.14. The van der Waals surface area contributed by atoms with E-state index in [1.165, 1.54) is 4.88 Å². The smallest absolute Gasteiger partial charge is 0.236 e. The molecule has 0 radical (unpaired) electrons. The molecule has 0 unspecified atom stereocenters. The van der Waals surface area contributed by atoms with Gasteiger partial charge in [0.1, 0.15) is 0 Å². The SMILES string of the molecule is CCCC[C@H](N)C(=O)NCCc1cccs1. The van der Waals surface area contributed by atoms with Crippen molar-refractivity contribution in [2.75, 3.05) is 6.54 Å². The number of unbranched alkanes of at least 4 members (excludes halogenated alkanes) is 1. The second kappa shape index (κ2) is 7.41. The third-order valence-electron chi connectivity index (χ3n) is 2.46. The van der Waals surface area contributed by atoms with Gasteiger partial charge in [-0.15, -0.1) is 11.3 Å². The molecular weight excluding hydrogens is 220 g/mol. The normalized spacial score (nSPS) is 12.4. The molecule has 1 aromatic heterocycles. The Labute approximate surface area is 101 Å². The fraction of sp³-hybridized carbons (Fsp3) is 0.583. The summed E-state index contributed by atoms with van der Waals surface area (Å²) in [6, 6.07) is 3.76. The predicted octanol–water partition coefficient (Wildman–Crippen LogP) is 1.92. The molecule has 0 saturated carbocycles. The highest BCUT2D eigenvalue weighted by atomic mass is 32.1. The van der Waals surface area contributed by atoms with Gasteiger partial charge < -0.3 is 11.1 Å². The molecule has 16 heavy (non-hydrogen) atoms. The molecule has 3 nitrogen and oxygen atoms in total. The maximum atomic E-state index is 11.5. The van der Waals surface area contributed by atoms with E-state index in [4.69, 9.17) is 5.73 Å². The monoisotopic (exact) mass is 240 g/mol. The first kappa shape index (κ1) is 13.2. The average molecular weight is 240 g/mol. The number of hydrogen-bond acceptors (Lipinski definition) is 3. The standard InChI is InChI=1S/C12H20N2OS/c1-2-3-6-11(13)12(15)14-8-7-10-5-4-9-16-10/h4-5,9,11H,2-3,6-8,13H2,1H3,(H,14,15)/t11-/m0/s1. The summed E-state index contributed by atoms with van der Waals surface area (Å²) in [6.07, 6.45) is 3.76. The van der Waals surface area contributed by atoms with Crippen molar-refractivity contribution in [2.45, 2.75) is 38.6 Å². The van der Waals surface area contributed by atoms with E-state index in [9.17, 15) is 4.79 Å². The van der Waals surface area contributed by atoms with Gasteiger partial charge in [-0.2, -0.15) is 0 Å². The maximum Gasteiger partial charge on any atom is 0.236 e. The van der Waals surface area contributed by atoms with Gasteiger partial charge in [-0.1, -0.05) is 25.8 Å². The topological polar surface area (TPSA) is 55.1 Å². The molecule has 0 aliphatic rings. The van der Waals surface area contributed by atoms with Crippen LogP contribution in [0.5, 0.6) is 0 Å². The minimum atomic E-state index is -0.344. The maximum absolute atomic E-state index is 11.5. The molecular formula is C12H20N2OS. The van der Waals surface area contributed by atoms with Crippen molar-refractivity contribution in [1.82, 2.24) is 5.32 Å². The minimum absolute atomic E-state index is 0.0231. The minimum Gasteiger partial charge on any atom is -0.354 e. The van der Waals surface area contributed by atoms with Crippen LogP contribution >= 0.6 is 11.3 Å². The number of hydrogen-bond donors (Lipinski definition) is 2. The van der Waals surface area contributed by atoms with Crippen LogP contribution in [0.1, 0.15) is 31.1 Å². The number of thiophene rings is 1. The Kier molecular flexibility index (Phi) is 6.11. The molecule has 1 heterocycles. The van der Waals surface area contributed by atoms with E-state index < -0.39 is 0 Å². The van der Waals surface area contributed by atoms with Crippen LogP contribution in [0, 0.1) is 0 Å². The van der Waals surface area contributed by atoms with Gasteiger partial charge in [0.05, 0.1) is 6.04 Å². The van der Waals surface area contributed by atoms with E-state index >= 15 is 0 Å². The van der Waals surface area contributed by atoms with Crippen LogP contribution < -0.4 is 11.1 Å². The number of carbonyl (C=O) groups is 1. The summed E-state index contributed by atoms with van der Waals surface area (Å²) in [5, 5.41) is 4.92. The molecule has 0 aromatic carbocycles. The summed E-state index contributed by atoms with van der Waals surface area (Å²) in [7, 11) is 0. The van der Waals surface area contributed by atoms with Gasteiger partial charge in [-0.05, 0) is 24.3 Å². The van der Waals surface area contributed by atoms with Gasteiger partial charge in [0.15, 0.2) is 0 Å². The Morgan fingerprint density at radius 2 is 2.44 bits per heavy atom. The Morgan fingerprint density at radius 3 is 3.06 bits per heavy atom. The zero-order chi connectivity index (χ0) is 11.8. The lowest BCUT2D eigenvalue weighted by Crippen LogP contribution is -2.41. The molecule has 1 atom stereocenters. The van der Waals surface area contributed by atoms with Crippen LogP contribution in [0.25, 0.3) is 0 Å². The number of nitrogens with one attached hydrogen (secondary N) is 1. The molecule has 1 aromatic rings. The molecule has 4 heteroatoms. The van der Waals surface area contributed by atoms with E-state index in [1.807, 2.05) is 11.4 Å². The number of amides is 1. The number of carbonyl (C=O) groups excluding carboxylic acids is 1. The highest BCUT2D eigenvalue weighted by Crippen LogP contribution is 2.08. The first-order chi connectivity index (χ1) is 7.74. The quantitative estimate of drug-likeness (QED) is 0.765. The first-order valence-electron chi connectivity index (χ1n) is 5.79. The van der Waals surface area contributed by atoms with Crippen molar-refractivity contribution in [3.8, 4) is 0 Å². The summed E-state index contributed by atoms with van der Waals surface area (Å²) >= 11 is 1.71. The van der Waals surface area contributed by atoms with Crippen LogP contribution in [0.15, 0.2) is 17.5 Å². The van der Waals surface area contributed by atoms with Crippen molar-refractivity contribution < 1.29 is 4.79 Å². The fourth-order valence-corrected chi connectivity index (χ4v) is 2.16. The molecule has 1 rings (SSSR count). The van der Waals surface area contributed by atoms with Gasteiger partial charge in [0, 0.05) is 11.4 Å². The van der Waals surface area contributed by atoms with Crippen LogP contribution in [0.2, 0.25) is 0 Å². The lowest BCUT2D eigenvalue weighted by atomic mass is 10.1. The van der Waals surface area contributed by atoms with Gasteiger partial charge in [0.2, 0.25) is 5.91 Å². The van der Waals surface area contributed by atoms with E-state index in [0.29, 0.717) is 6.54 Å². The fourth-order valence-electron chi connectivity index (χ4n) is 1.45. The molecule has 0 fully saturated rings. The zero-order valence-corrected chi connectivity index (χ0v) is 10.6. The van der Waals surface area contributed by atoms with Gasteiger partial charge >= 0.3 is 0 Å². The second-order valence-electron chi connectivity index (χ2n) is 3.87. The summed E-state index contributed by atoms with van der Waals surface area (Å²) in [4.78, 5) is 12.8.